The molecule has 0 bridgehead atoms. The van der Waals surface area contributed by atoms with Crippen molar-refractivity contribution in [3.8, 4) is 0 Å². The third kappa shape index (κ3) is 10.9. The number of hydrogen-bond acceptors (Lipinski definition) is 5. The molecule has 0 amide bonds. The van der Waals surface area contributed by atoms with Gasteiger partial charge in [-0.05, 0) is 20.3 Å². The summed E-state index contributed by atoms with van der Waals surface area (Å²) >= 11 is 0. The van der Waals surface area contributed by atoms with E-state index >= 15 is 0 Å². The maximum atomic E-state index is 11.5. The van der Waals surface area contributed by atoms with E-state index in [9.17, 15) is 21.6 Å². The third-order valence-corrected chi connectivity index (χ3v) is 4.33. The van der Waals surface area contributed by atoms with E-state index in [1.807, 2.05) is 0 Å². The third-order valence-electron chi connectivity index (χ3n) is 2.00. The standard InChI is InChI=1S/C9H20N2O6S2/c1-9(2,11-18(3,14)15)7-10-19(16,17)6-4-5-8(12)13/h10-11H,4-7H2,1-3H3,(H,12,13). The molecule has 0 fully saturated rings. The van der Waals surface area contributed by atoms with Gasteiger partial charge in [-0.2, -0.15) is 0 Å². The molecule has 3 N–H and O–H groups in total. The van der Waals surface area contributed by atoms with Crippen LogP contribution in [0.3, 0.4) is 0 Å². The Balaban J connectivity index is 4.34. The molecule has 114 valence electrons. The molecule has 0 aliphatic carbocycles. The van der Waals surface area contributed by atoms with Crippen LogP contribution in [0.15, 0.2) is 0 Å². The summed E-state index contributed by atoms with van der Waals surface area (Å²) in [7, 11) is -7.05. The first-order chi connectivity index (χ1) is 8.33. The highest BCUT2D eigenvalue weighted by molar-refractivity contribution is 7.89. The fourth-order valence-electron chi connectivity index (χ4n) is 1.31. The fourth-order valence-corrected chi connectivity index (χ4v) is 3.64. The second-order valence-electron chi connectivity index (χ2n) is 4.90. The second kappa shape index (κ2) is 6.64. The predicted molar refractivity (Wildman–Crippen MR) is 70.7 cm³/mol. The smallest absolute Gasteiger partial charge is 0.303 e. The monoisotopic (exact) mass is 316 g/mol. The van der Waals surface area contributed by atoms with E-state index in [0.29, 0.717) is 0 Å². The van der Waals surface area contributed by atoms with Crippen LogP contribution in [0.5, 0.6) is 0 Å². The van der Waals surface area contributed by atoms with Crippen molar-refractivity contribution < 1.29 is 26.7 Å². The first-order valence-electron chi connectivity index (χ1n) is 5.51. The summed E-state index contributed by atoms with van der Waals surface area (Å²) in [5.74, 6) is -1.37. The Kier molecular flexibility index (Phi) is 6.39. The predicted octanol–water partition coefficient (Wildman–Crippen LogP) is -0.902. The van der Waals surface area contributed by atoms with Crippen molar-refractivity contribution in [2.45, 2.75) is 32.2 Å². The van der Waals surface area contributed by atoms with Crippen LogP contribution in [0.2, 0.25) is 0 Å². The van der Waals surface area contributed by atoms with Crippen molar-refractivity contribution in [2.75, 3.05) is 18.6 Å². The number of aliphatic carboxylic acids is 1. The SMILES string of the molecule is CC(C)(CNS(=O)(=O)CCCC(=O)O)NS(C)(=O)=O. The van der Waals surface area contributed by atoms with E-state index in [0.717, 1.165) is 6.26 Å². The number of carboxylic acids is 1. The van der Waals surface area contributed by atoms with Gasteiger partial charge in [-0.1, -0.05) is 0 Å². The summed E-state index contributed by atoms with van der Waals surface area (Å²) in [5.41, 5.74) is -0.965. The zero-order valence-corrected chi connectivity index (χ0v) is 12.8. The minimum Gasteiger partial charge on any atom is -0.481 e. The molecule has 0 aromatic carbocycles. The van der Waals surface area contributed by atoms with Gasteiger partial charge in [0.05, 0.1) is 12.0 Å². The number of nitrogens with one attached hydrogen (secondary N) is 2. The lowest BCUT2D eigenvalue weighted by Gasteiger charge is -2.25. The molecule has 0 atom stereocenters. The van der Waals surface area contributed by atoms with Gasteiger partial charge in [0.2, 0.25) is 20.0 Å². The van der Waals surface area contributed by atoms with Crippen LogP contribution in [0.1, 0.15) is 26.7 Å². The van der Waals surface area contributed by atoms with E-state index in [4.69, 9.17) is 5.11 Å². The van der Waals surface area contributed by atoms with Crippen LogP contribution in [-0.2, 0) is 24.8 Å². The van der Waals surface area contributed by atoms with Crippen LogP contribution < -0.4 is 9.44 Å². The van der Waals surface area contributed by atoms with Gasteiger partial charge in [0.1, 0.15) is 0 Å². The minimum absolute atomic E-state index is 0.00456. The minimum atomic E-state index is -3.61. The Morgan fingerprint density at radius 3 is 2.16 bits per heavy atom. The Morgan fingerprint density at radius 2 is 1.74 bits per heavy atom. The van der Waals surface area contributed by atoms with Gasteiger partial charge < -0.3 is 5.11 Å². The molecule has 0 aromatic rings. The molecular weight excluding hydrogens is 296 g/mol. The average Bonchev–Trinajstić information content (AvgIpc) is 2.10. The Hall–Kier alpha value is -0.710. The number of carbonyl (C=O) groups is 1. The van der Waals surface area contributed by atoms with Gasteiger partial charge in [-0.15, -0.1) is 0 Å². The lowest BCUT2D eigenvalue weighted by Crippen LogP contribution is -2.51. The average molecular weight is 316 g/mol. The summed E-state index contributed by atoms with van der Waals surface area (Å²) in [6.45, 7) is 2.96. The quantitative estimate of drug-likeness (QED) is 0.505. The fraction of sp³-hybridized carbons (Fsp3) is 0.889. The van der Waals surface area contributed by atoms with Gasteiger partial charge in [-0.25, -0.2) is 26.3 Å². The largest absolute Gasteiger partial charge is 0.481 e. The molecule has 10 heteroatoms. The number of sulfonamides is 2. The van der Waals surface area contributed by atoms with E-state index in [1.54, 1.807) is 0 Å². The topological polar surface area (TPSA) is 130 Å². The molecule has 0 spiro atoms. The number of rotatable bonds is 9. The van der Waals surface area contributed by atoms with Crippen LogP contribution in [0.25, 0.3) is 0 Å². The summed E-state index contributed by atoms with van der Waals surface area (Å²) < 4.78 is 49.8. The lowest BCUT2D eigenvalue weighted by atomic mass is 10.1. The second-order valence-corrected chi connectivity index (χ2v) is 8.57. The Bertz CT molecular complexity index is 509. The van der Waals surface area contributed by atoms with Crippen LogP contribution >= 0.6 is 0 Å². The normalized spacial score (nSPS) is 13.4. The highest BCUT2D eigenvalue weighted by atomic mass is 32.2. The Morgan fingerprint density at radius 1 is 1.21 bits per heavy atom. The van der Waals surface area contributed by atoms with Crippen molar-refractivity contribution in [1.29, 1.82) is 0 Å². The molecule has 0 rings (SSSR count). The van der Waals surface area contributed by atoms with Crippen molar-refractivity contribution >= 4 is 26.0 Å². The molecule has 0 aliphatic heterocycles. The molecule has 0 aromatic heterocycles. The van der Waals surface area contributed by atoms with Crippen LogP contribution in [0, 0.1) is 0 Å². The maximum Gasteiger partial charge on any atom is 0.303 e. The van der Waals surface area contributed by atoms with Gasteiger partial charge in [-0.3, -0.25) is 4.79 Å². The van der Waals surface area contributed by atoms with E-state index in [-0.39, 0.29) is 25.1 Å². The van der Waals surface area contributed by atoms with Crippen molar-refractivity contribution in [1.82, 2.24) is 9.44 Å². The van der Waals surface area contributed by atoms with Gasteiger partial charge in [0, 0.05) is 18.5 Å². The Labute approximate surface area is 113 Å². The molecular formula is C9H20N2O6S2. The van der Waals surface area contributed by atoms with E-state index in [2.05, 4.69) is 9.44 Å². The molecule has 0 saturated carbocycles. The summed E-state index contributed by atoms with van der Waals surface area (Å²) in [4.78, 5) is 10.3. The first-order valence-corrected chi connectivity index (χ1v) is 9.05. The molecule has 8 nitrogen and oxygen atoms in total. The molecule has 0 radical (unpaired) electrons. The van der Waals surface area contributed by atoms with E-state index < -0.39 is 31.6 Å². The van der Waals surface area contributed by atoms with Crippen molar-refractivity contribution in [3.63, 3.8) is 0 Å². The zero-order valence-electron chi connectivity index (χ0n) is 11.1. The van der Waals surface area contributed by atoms with E-state index in [1.165, 1.54) is 13.8 Å². The highest BCUT2D eigenvalue weighted by Crippen LogP contribution is 2.04. The van der Waals surface area contributed by atoms with Crippen molar-refractivity contribution in [3.05, 3.63) is 0 Å². The summed E-state index contributed by atoms with van der Waals surface area (Å²) in [6, 6.07) is 0. The molecule has 19 heavy (non-hydrogen) atoms. The lowest BCUT2D eigenvalue weighted by molar-refractivity contribution is -0.137. The summed E-state index contributed by atoms with van der Waals surface area (Å²) in [6.07, 6.45) is 0.757. The number of hydrogen-bond donors (Lipinski definition) is 3. The molecule has 0 unspecified atom stereocenters. The molecule has 0 saturated heterocycles. The first kappa shape index (κ1) is 18.3. The van der Waals surface area contributed by atoms with Gasteiger partial charge >= 0.3 is 5.97 Å². The van der Waals surface area contributed by atoms with Crippen LogP contribution in [-0.4, -0.2) is 52.0 Å². The van der Waals surface area contributed by atoms with Crippen LogP contribution in [0.4, 0.5) is 0 Å². The van der Waals surface area contributed by atoms with Gasteiger partial charge in [0.25, 0.3) is 0 Å². The molecule has 0 heterocycles. The van der Waals surface area contributed by atoms with Gasteiger partial charge in [0.15, 0.2) is 0 Å². The zero-order chi connectivity index (χ0) is 15.3. The number of carboxylic acid groups (broad SMARTS) is 1. The maximum absolute atomic E-state index is 11.5. The highest BCUT2D eigenvalue weighted by Gasteiger charge is 2.24. The van der Waals surface area contributed by atoms with Crippen molar-refractivity contribution in [2.24, 2.45) is 0 Å². The molecule has 0 aliphatic rings. The summed E-state index contributed by atoms with van der Waals surface area (Å²) in [5, 5.41) is 8.41.